The number of aryl methyl sites for hydroxylation is 2. The topological polar surface area (TPSA) is 62.5 Å². The third kappa shape index (κ3) is 3.20. The van der Waals surface area contributed by atoms with Crippen LogP contribution in [0.1, 0.15) is 40.8 Å². The average molecular weight is 273 g/mol. The molecule has 106 valence electrons. The molecule has 0 aliphatic carbocycles. The van der Waals surface area contributed by atoms with E-state index in [1.165, 1.54) is 5.56 Å². The second-order valence-corrected chi connectivity index (χ2v) is 4.79. The molecule has 0 fully saturated rings. The van der Waals surface area contributed by atoms with Gasteiger partial charge in [0.05, 0.1) is 6.54 Å². The minimum absolute atomic E-state index is 0.0173. The Morgan fingerprint density at radius 1 is 1.35 bits per heavy atom. The van der Waals surface area contributed by atoms with E-state index in [-0.39, 0.29) is 5.76 Å². The van der Waals surface area contributed by atoms with E-state index >= 15 is 0 Å². The van der Waals surface area contributed by atoms with Gasteiger partial charge in [-0.1, -0.05) is 31.5 Å². The minimum atomic E-state index is -1.03. The highest BCUT2D eigenvalue weighted by atomic mass is 16.4. The highest BCUT2D eigenvalue weighted by Gasteiger charge is 2.14. The Kier molecular flexibility index (Phi) is 4.45. The molecule has 1 aromatic heterocycles. The number of carboxylic acid groups (broad SMARTS) is 1. The lowest BCUT2D eigenvalue weighted by molar-refractivity contribution is 0.0659. The molecule has 0 bridgehead atoms. The zero-order valence-electron chi connectivity index (χ0n) is 11.8. The summed E-state index contributed by atoms with van der Waals surface area (Å²) in [5, 5.41) is 12.3. The van der Waals surface area contributed by atoms with Crippen LogP contribution in [-0.2, 0) is 13.0 Å². The van der Waals surface area contributed by atoms with Crippen molar-refractivity contribution in [2.24, 2.45) is 0 Å². The van der Waals surface area contributed by atoms with Crippen molar-refractivity contribution in [3.63, 3.8) is 0 Å². The number of benzene rings is 1. The van der Waals surface area contributed by atoms with Crippen LogP contribution in [0.25, 0.3) is 0 Å². The van der Waals surface area contributed by atoms with Crippen LogP contribution in [0, 0.1) is 6.92 Å². The Balaban J connectivity index is 2.09. The van der Waals surface area contributed by atoms with Gasteiger partial charge in [-0.05, 0) is 31.0 Å². The van der Waals surface area contributed by atoms with Gasteiger partial charge >= 0.3 is 5.97 Å². The molecule has 0 saturated heterocycles. The van der Waals surface area contributed by atoms with E-state index in [2.05, 4.69) is 18.3 Å². The first-order chi connectivity index (χ1) is 9.61. The third-order valence-corrected chi connectivity index (χ3v) is 3.15. The quantitative estimate of drug-likeness (QED) is 0.839. The van der Waals surface area contributed by atoms with Gasteiger partial charge in [0.25, 0.3) is 0 Å². The molecule has 0 atom stereocenters. The number of carbonyl (C=O) groups is 1. The third-order valence-electron chi connectivity index (χ3n) is 3.15. The van der Waals surface area contributed by atoms with Crippen LogP contribution in [0.15, 0.2) is 34.7 Å². The first-order valence-corrected chi connectivity index (χ1v) is 6.76. The summed E-state index contributed by atoms with van der Waals surface area (Å²) < 4.78 is 5.34. The summed E-state index contributed by atoms with van der Waals surface area (Å²) in [6.07, 6.45) is 2.10. The molecule has 0 unspecified atom stereocenters. The molecule has 4 nitrogen and oxygen atoms in total. The van der Waals surface area contributed by atoms with E-state index < -0.39 is 5.97 Å². The summed E-state index contributed by atoms with van der Waals surface area (Å²) in [4.78, 5) is 10.9. The summed E-state index contributed by atoms with van der Waals surface area (Å²) in [5.41, 5.74) is 2.98. The number of nitrogens with one attached hydrogen (secondary N) is 1. The van der Waals surface area contributed by atoms with E-state index in [1.807, 2.05) is 18.2 Å². The number of rotatable bonds is 6. The zero-order chi connectivity index (χ0) is 14.5. The molecule has 0 radical (unpaired) electrons. The predicted octanol–water partition coefficient (Wildman–Crippen LogP) is 3.85. The Bertz CT molecular complexity index is 602. The number of aromatic carboxylic acids is 1. The molecule has 0 aliphatic heterocycles. The lowest BCUT2D eigenvalue weighted by atomic mass is 10.1. The number of carboxylic acids is 1. The molecule has 2 aromatic rings. The monoisotopic (exact) mass is 273 g/mol. The molecule has 1 heterocycles. The van der Waals surface area contributed by atoms with E-state index in [9.17, 15) is 4.79 Å². The summed E-state index contributed by atoms with van der Waals surface area (Å²) in [6.45, 7) is 4.36. The first-order valence-electron chi connectivity index (χ1n) is 6.76. The summed E-state index contributed by atoms with van der Waals surface area (Å²) >= 11 is 0. The fourth-order valence-corrected chi connectivity index (χ4v) is 2.21. The van der Waals surface area contributed by atoms with Gasteiger partial charge in [0.15, 0.2) is 0 Å². The van der Waals surface area contributed by atoms with Gasteiger partial charge in [-0.2, -0.15) is 0 Å². The zero-order valence-corrected chi connectivity index (χ0v) is 11.8. The van der Waals surface area contributed by atoms with Gasteiger partial charge in [-0.25, -0.2) is 4.79 Å². The number of furan rings is 1. The molecular weight excluding hydrogens is 254 g/mol. The van der Waals surface area contributed by atoms with Gasteiger partial charge in [0.2, 0.25) is 5.76 Å². The maximum Gasteiger partial charge on any atom is 0.372 e. The summed E-state index contributed by atoms with van der Waals surface area (Å²) in [5.74, 6) is -0.380. The first kappa shape index (κ1) is 14.2. The Hall–Kier alpha value is -2.23. The van der Waals surface area contributed by atoms with Crippen LogP contribution in [0.4, 0.5) is 5.69 Å². The van der Waals surface area contributed by atoms with Crippen molar-refractivity contribution >= 4 is 11.7 Å². The molecular formula is C16H19NO3. The van der Waals surface area contributed by atoms with Gasteiger partial charge < -0.3 is 14.8 Å². The van der Waals surface area contributed by atoms with E-state index in [1.54, 1.807) is 13.0 Å². The van der Waals surface area contributed by atoms with Crippen molar-refractivity contribution < 1.29 is 14.3 Å². The second kappa shape index (κ2) is 6.28. The van der Waals surface area contributed by atoms with Crippen LogP contribution in [0.5, 0.6) is 0 Å². The van der Waals surface area contributed by atoms with Crippen LogP contribution in [-0.4, -0.2) is 11.1 Å². The van der Waals surface area contributed by atoms with Crippen molar-refractivity contribution in [3.8, 4) is 0 Å². The van der Waals surface area contributed by atoms with Gasteiger partial charge in [0.1, 0.15) is 5.76 Å². The molecule has 4 heteroatoms. The van der Waals surface area contributed by atoms with Crippen molar-refractivity contribution in [1.29, 1.82) is 0 Å². The predicted molar refractivity (Wildman–Crippen MR) is 78.2 cm³/mol. The number of anilines is 1. The van der Waals surface area contributed by atoms with E-state index in [4.69, 9.17) is 9.52 Å². The fraction of sp³-hybridized carbons (Fsp3) is 0.312. The standard InChI is InChI=1S/C16H19NO3/c1-3-6-12-7-4-5-8-14(12)17-10-13-9-11(2)15(20-13)16(18)19/h4-5,7-9,17H,3,6,10H2,1-2H3,(H,18,19). The van der Waals surface area contributed by atoms with E-state index in [0.29, 0.717) is 17.9 Å². The number of hydrogen-bond donors (Lipinski definition) is 2. The maximum absolute atomic E-state index is 10.9. The van der Waals surface area contributed by atoms with Crippen molar-refractivity contribution in [3.05, 3.63) is 53.0 Å². The van der Waals surface area contributed by atoms with Crippen LogP contribution < -0.4 is 5.32 Å². The molecule has 0 saturated carbocycles. The van der Waals surface area contributed by atoms with Gasteiger partial charge in [0, 0.05) is 11.3 Å². The highest BCUT2D eigenvalue weighted by molar-refractivity contribution is 5.86. The van der Waals surface area contributed by atoms with Crippen molar-refractivity contribution in [1.82, 2.24) is 0 Å². The highest BCUT2D eigenvalue weighted by Crippen LogP contribution is 2.20. The lowest BCUT2D eigenvalue weighted by Crippen LogP contribution is -2.01. The van der Waals surface area contributed by atoms with E-state index in [0.717, 1.165) is 18.5 Å². The van der Waals surface area contributed by atoms with Gasteiger partial charge in [-0.15, -0.1) is 0 Å². The van der Waals surface area contributed by atoms with Crippen LogP contribution >= 0.6 is 0 Å². The molecule has 20 heavy (non-hydrogen) atoms. The molecule has 2 N–H and O–H groups in total. The lowest BCUT2D eigenvalue weighted by Gasteiger charge is -2.10. The summed E-state index contributed by atoms with van der Waals surface area (Å²) in [6, 6.07) is 9.90. The maximum atomic E-state index is 10.9. The molecule has 0 spiro atoms. The van der Waals surface area contributed by atoms with Crippen molar-refractivity contribution in [2.75, 3.05) is 5.32 Å². The van der Waals surface area contributed by atoms with Crippen LogP contribution in [0.2, 0.25) is 0 Å². The summed E-state index contributed by atoms with van der Waals surface area (Å²) in [7, 11) is 0. The fourth-order valence-electron chi connectivity index (χ4n) is 2.21. The molecule has 2 rings (SSSR count). The molecule has 0 aliphatic rings. The Morgan fingerprint density at radius 2 is 2.10 bits per heavy atom. The smallest absolute Gasteiger partial charge is 0.372 e. The van der Waals surface area contributed by atoms with Crippen LogP contribution in [0.3, 0.4) is 0 Å². The molecule has 1 aromatic carbocycles. The largest absolute Gasteiger partial charge is 0.475 e. The Labute approximate surface area is 118 Å². The second-order valence-electron chi connectivity index (χ2n) is 4.79. The SMILES string of the molecule is CCCc1ccccc1NCc1cc(C)c(C(=O)O)o1. The van der Waals surface area contributed by atoms with Gasteiger partial charge in [-0.3, -0.25) is 0 Å². The normalized spacial score (nSPS) is 10.5. The molecule has 0 amide bonds. The van der Waals surface area contributed by atoms with Crippen molar-refractivity contribution in [2.45, 2.75) is 33.2 Å². The number of hydrogen-bond acceptors (Lipinski definition) is 3. The number of para-hydroxylation sites is 1. The minimum Gasteiger partial charge on any atom is -0.475 e. The Morgan fingerprint density at radius 3 is 2.75 bits per heavy atom. The average Bonchev–Trinajstić information content (AvgIpc) is 2.79.